The fourth-order valence-electron chi connectivity index (χ4n) is 2.45. The fourth-order valence-corrected chi connectivity index (χ4v) is 2.45. The molecule has 2 aliphatic heterocycles. The van der Waals surface area contributed by atoms with Crippen molar-refractivity contribution in [3.05, 3.63) is 23.8 Å². The van der Waals surface area contributed by atoms with Gasteiger partial charge in [0.25, 0.3) is 0 Å². The van der Waals surface area contributed by atoms with Crippen molar-refractivity contribution in [1.29, 1.82) is 0 Å². The van der Waals surface area contributed by atoms with E-state index < -0.39 is 0 Å². The van der Waals surface area contributed by atoms with Gasteiger partial charge in [-0.2, -0.15) is 0 Å². The maximum atomic E-state index is 11.6. The molecule has 1 fully saturated rings. The zero-order valence-corrected chi connectivity index (χ0v) is 8.75. The first kappa shape index (κ1) is 9.50. The van der Waals surface area contributed by atoms with Crippen molar-refractivity contribution in [3.63, 3.8) is 0 Å². The molecular weight excluding hydrogens is 174 g/mol. The Labute approximate surface area is 85.3 Å². The molecule has 1 saturated heterocycles. The maximum absolute atomic E-state index is 11.6. The second-order valence-corrected chi connectivity index (χ2v) is 4.22. The number of rotatable bonds is 1. The molecule has 2 nitrogen and oxygen atoms in total. The monoisotopic (exact) mass is 191 g/mol. The molecule has 0 unspecified atom stereocenters. The van der Waals surface area contributed by atoms with Gasteiger partial charge in [0.05, 0.1) is 6.04 Å². The largest absolute Gasteiger partial charge is 0.336 e. The smallest absolute Gasteiger partial charge is 0.223 e. The molecule has 14 heavy (non-hydrogen) atoms. The standard InChI is InChI=1S/C12H17NO/c1-9(2)10-5-3-4-8-13-11(10)6-7-12(13)14/h5,11H,1,3-4,6-8H2,2H3/t11-/m0/s1. The molecular formula is C12H17NO. The first-order chi connectivity index (χ1) is 6.70. The van der Waals surface area contributed by atoms with Gasteiger partial charge in [-0.3, -0.25) is 4.79 Å². The summed E-state index contributed by atoms with van der Waals surface area (Å²) >= 11 is 0. The second-order valence-electron chi connectivity index (χ2n) is 4.22. The highest BCUT2D eigenvalue weighted by atomic mass is 16.2. The van der Waals surface area contributed by atoms with E-state index in [1.165, 1.54) is 5.57 Å². The Morgan fingerprint density at radius 1 is 1.64 bits per heavy atom. The predicted octanol–water partition coefficient (Wildman–Crippen LogP) is 2.27. The minimum absolute atomic E-state index is 0.323. The van der Waals surface area contributed by atoms with Crippen molar-refractivity contribution in [1.82, 2.24) is 4.90 Å². The van der Waals surface area contributed by atoms with E-state index in [0.29, 0.717) is 11.9 Å². The number of carbonyl (C=O) groups excluding carboxylic acids is 1. The molecule has 0 aromatic carbocycles. The van der Waals surface area contributed by atoms with Crippen LogP contribution in [-0.4, -0.2) is 23.4 Å². The molecule has 0 radical (unpaired) electrons. The number of amides is 1. The van der Waals surface area contributed by atoms with Crippen LogP contribution in [0.15, 0.2) is 23.8 Å². The molecule has 2 heteroatoms. The molecule has 2 aliphatic rings. The Hall–Kier alpha value is -1.05. The number of hydrogen-bond donors (Lipinski definition) is 0. The van der Waals surface area contributed by atoms with Gasteiger partial charge < -0.3 is 4.90 Å². The molecule has 0 N–H and O–H groups in total. The van der Waals surface area contributed by atoms with Gasteiger partial charge >= 0.3 is 0 Å². The lowest BCUT2D eigenvalue weighted by Crippen LogP contribution is -2.34. The number of fused-ring (bicyclic) bond motifs is 1. The number of allylic oxidation sites excluding steroid dienone is 1. The van der Waals surface area contributed by atoms with E-state index >= 15 is 0 Å². The Balaban J connectivity index is 2.28. The van der Waals surface area contributed by atoms with Crippen molar-refractivity contribution in [3.8, 4) is 0 Å². The van der Waals surface area contributed by atoms with Crippen LogP contribution in [0, 0.1) is 0 Å². The first-order valence-corrected chi connectivity index (χ1v) is 5.35. The van der Waals surface area contributed by atoms with E-state index in [0.717, 1.165) is 37.8 Å². The van der Waals surface area contributed by atoms with Crippen LogP contribution in [0.25, 0.3) is 0 Å². The molecule has 0 bridgehead atoms. The highest BCUT2D eigenvalue weighted by molar-refractivity contribution is 5.79. The topological polar surface area (TPSA) is 20.3 Å². The van der Waals surface area contributed by atoms with Crippen molar-refractivity contribution in [2.75, 3.05) is 6.54 Å². The highest BCUT2D eigenvalue weighted by Crippen LogP contribution is 2.31. The molecule has 76 valence electrons. The van der Waals surface area contributed by atoms with Crippen LogP contribution < -0.4 is 0 Å². The van der Waals surface area contributed by atoms with Crippen LogP contribution in [0.2, 0.25) is 0 Å². The van der Waals surface area contributed by atoms with Crippen LogP contribution >= 0.6 is 0 Å². The van der Waals surface area contributed by atoms with Crippen molar-refractivity contribution in [2.24, 2.45) is 0 Å². The van der Waals surface area contributed by atoms with Gasteiger partial charge in [0.1, 0.15) is 0 Å². The lowest BCUT2D eigenvalue weighted by molar-refractivity contribution is -0.128. The van der Waals surface area contributed by atoms with Gasteiger partial charge in [0.15, 0.2) is 0 Å². The van der Waals surface area contributed by atoms with Gasteiger partial charge in [-0.1, -0.05) is 18.2 Å². The third-order valence-corrected chi connectivity index (χ3v) is 3.15. The van der Waals surface area contributed by atoms with Crippen LogP contribution in [0.5, 0.6) is 0 Å². The fraction of sp³-hybridized carbons (Fsp3) is 0.583. The third kappa shape index (κ3) is 1.49. The predicted molar refractivity (Wildman–Crippen MR) is 56.9 cm³/mol. The average Bonchev–Trinajstić information content (AvgIpc) is 2.38. The molecule has 0 aliphatic carbocycles. The van der Waals surface area contributed by atoms with E-state index in [1.54, 1.807) is 0 Å². The van der Waals surface area contributed by atoms with Crippen LogP contribution in [0.1, 0.15) is 32.6 Å². The first-order valence-electron chi connectivity index (χ1n) is 5.35. The number of nitrogens with zero attached hydrogens (tertiary/aromatic N) is 1. The molecule has 0 aromatic rings. The third-order valence-electron chi connectivity index (χ3n) is 3.15. The van der Waals surface area contributed by atoms with E-state index in [4.69, 9.17) is 0 Å². The van der Waals surface area contributed by atoms with Crippen molar-refractivity contribution < 1.29 is 4.79 Å². The summed E-state index contributed by atoms with van der Waals surface area (Å²) < 4.78 is 0. The van der Waals surface area contributed by atoms with Crippen LogP contribution in [0.4, 0.5) is 0 Å². The van der Waals surface area contributed by atoms with Crippen molar-refractivity contribution >= 4 is 5.91 Å². The SMILES string of the molecule is C=C(C)C1=CCCCN2C(=O)CC[C@@H]12. The van der Waals surface area contributed by atoms with Gasteiger partial charge in [0.2, 0.25) is 5.91 Å². The summed E-state index contributed by atoms with van der Waals surface area (Å²) in [5, 5.41) is 0. The Kier molecular flexibility index (Phi) is 2.44. The number of hydrogen-bond acceptors (Lipinski definition) is 1. The lowest BCUT2D eigenvalue weighted by atomic mass is 9.98. The molecule has 2 heterocycles. The van der Waals surface area contributed by atoms with Crippen LogP contribution in [0.3, 0.4) is 0 Å². The summed E-state index contributed by atoms with van der Waals surface area (Å²) in [6.45, 7) is 6.97. The lowest BCUT2D eigenvalue weighted by Gasteiger charge is -2.25. The molecule has 0 spiro atoms. The zero-order chi connectivity index (χ0) is 10.1. The molecule has 1 amide bonds. The van der Waals surface area contributed by atoms with Gasteiger partial charge in [-0.15, -0.1) is 0 Å². The molecule has 0 saturated carbocycles. The molecule has 1 atom stereocenters. The summed E-state index contributed by atoms with van der Waals surface area (Å²) in [6.07, 6.45) is 6.15. The quantitative estimate of drug-likeness (QED) is 0.622. The summed E-state index contributed by atoms with van der Waals surface area (Å²) in [5.74, 6) is 0.323. The van der Waals surface area contributed by atoms with Gasteiger partial charge in [-0.25, -0.2) is 0 Å². The van der Waals surface area contributed by atoms with E-state index in [9.17, 15) is 4.79 Å². The summed E-state index contributed by atoms with van der Waals surface area (Å²) in [5.41, 5.74) is 2.42. The Bertz CT molecular complexity index is 303. The van der Waals surface area contributed by atoms with Crippen molar-refractivity contribution in [2.45, 2.75) is 38.6 Å². The zero-order valence-electron chi connectivity index (χ0n) is 8.75. The van der Waals surface area contributed by atoms with E-state index in [-0.39, 0.29) is 0 Å². The van der Waals surface area contributed by atoms with E-state index in [1.807, 2.05) is 11.8 Å². The van der Waals surface area contributed by atoms with Gasteiger partial charge in [-0.05, 0) is 31.8 Å². The molecule has 0 aromatic heterocycles. The summed E-state index contributed by atoms with van der Waals surface area (Å²) in [6, 6.07) is 0.336. The van der Waals surface area contributed by atoms with Gasteiger partial charge in [0, 0.05) is 13.0 Å². The number of carbonyl (C=O) groups is 1. The molecule has 2 rings (SSSR count). The summed E-state index contributed by atoms with van der Waals surface area (Å²) in [4.78, 5) is 13.6. The summed E-state index contributed by atoms with van der Waals surface area (Å²) in [7, 11) is 0. The normalized spacial score (nSPS) is 26.9. The van der Waals surface area contributed by atoms with Crippen LogP contribution in [-0.2, 0) is 4.79 Å². The minimum Gasteiger partial charge on any atom is -0.336 e. The maximum Gasteiger partial charge on any atom is 0.223 e. The second kappa shape index (κ2) is 3.60. The minimum atomic E-state index is 0.323. The average molecular weight is 191 g/mol. The Morgan fingerprint density at radius 2 is 2.43 bits per heavy atom. The Morgan fingerprint density at radius 3 is 3.14 bits per heavy atom. The van der Waals surface area contributed by atoms with E-state index in [2.05, 4.69) is 12.7 Å². The highest BCUT2D eigenvalue weighted by Gasteiger charge is 2.33.